The molecule has 0 aliphatic carbocycles. The molecule has 1 aliphatic rings. The monoisotopic (exact) mass is 444 g/mol. The van der Waals surface area contributed by atoms with E-state index in [1.165, 1.54) is 17.0 Å². The van der Waals surface area contributed by atoms with Crippen molar-refractivity contribution in [1.82, 2.24) is 19.7 Å². The Kier molecular flexibility index (Phi) is 7.50. The van der Waals surface area contributed by atoms with Crippen molar-refractivity contribution in [3.8, 4) is 0 Å². The van der Waals surface area contributed by atoms with E-state index in [1.807, 2.05) is 22.9 Å². The number of esters is 1. The normalized spacial score (nSPS) is 15.3. The van der Waals surface area contributed by atoms with Crippen LogP contribution in [0, 0.1) is 5.82 Å². The lowest BCUT2D eigenvalue weighted by atomic mass is 9.99. The first-order valence-corrected chi connectivity index (χ1v) is 10.7. The smallest absolute Gasteiger partial charge is 0.325 e. The van der Waals surface area contributed by atoms with E-state index in [9.17, 15) is 18.8 Å². The molecular weight excluding hydrogens is 415 g/mol. The summed E-state index contributed by atoms with van der Waals surface area (Å²) in [5.74, 6) is -1.17. The molecule has 1 unspecified atom stereocenters. The Bertz CT molecular complexity index is 974. The Morgan fingerprint density at radius 2 is 2.00 bits per heavy atom. The minimum Gasteiger partial charge on any atom is -0.465 e. The number of amides is 3. The van der Waals surface area contributed by atoms with Crippen molar-refractivity contribution in [2.24, 2.45) is 0 Å². The molecule has 2 aromatic rings. The van der Waals surface area contributed by atoms with Crippen LogP contribution in [0.5, 0.6) is 0 Å². The molecule has 1 atom stereocenters. The number of halogens is 1. The fourth-order valence-electron chi connectivity index (χ4n) is 3.87. The summed E-state index contributed by atoms with van der Waals surface area (Å²) in [6.45, 7) is 6.09. The molecular formula is C23H29FN4O4. The van der Waals surface area contributed by atoms with Crippen LogP contribution < -0.4 is 5.32 Å². The lowest BCUT2D eigenvalue weighted by Gasteiger charge is -2.39. The molecule has 0 bridgehead atoms. The van der Waals surface area contributed by atoms with E-state index >= 15 is 0 Å². The second-order valence-corrected chi connectivity index (χ2v) is 7.86. The zero-order chi connectivity index (χ0) is 23.3. The van der Waals surface area contributed by atoms with Crippen molar-refractivity contribution in [2.75, 3.05) is 26.2 Å². The number of nitrogens with zero attached hydrogens (tertiary/aromatic N) is 3. The SMILES string of the molecule is CCOC(=O)CNC(=O)N(CC(=O)N1CCn2cccc2C1c1cccc(F)c1)C(C)C. The summed E-state index contributed by atoms with van der Waals surface area (Å²) < 4.78 is 20.8. The van der Waals surface area contributed by atoms with Crippen LogP contribution in [0.3, 0.4) is 0 Å². The van der Waals surface area contributed by atoms with Crippen LogP contribution >= 0.6 is 0 Å². The summed E-state index contributed by atoms with van der Waals surface area (Å²) in [6, 6.07) is 8.78. The molecule has 9 heteroatoms. The highest BCUT2D eigenvalue weighted by molar-refractivity contribution is 5.86. The average Bonchev–Trinajstić information content (AvgIpc) is 3.23. The quantitative estimate of drug-likeness (QED) is 0.666. The number of ether oxygens (including phenoxy) is 1. The maximum atomic E-state index is 14.0. The first-order valence-electron chi connectivity index (χ1n) is 10.7. The minimum atomic E-state index is -0.543. The van der Waals surface area contributed by atoms with Gasteiger partial charge in [-0.1, -0.05) is 12.1 Å². The fourth-order valence-corrected chi connectivity index (χ4v) is 3.87. The second-order valence-electron chi connectivity index (χ2n) is 7.86. The predicted molar refractivity (Wildman–Crippen MR) is 116 cm³/mol. The Balaban J connectivity index is 1.79. The van der Waals surface area contributed by atoms with Gasteiger partial charge in [0, 0.05) is 31.0 Å². The number of urea groups is 1. The third kappa shape index (κ3) is 5.27. The van der Waals surface area contributed by atoms with E-state index in [4.69, 9.17) is 4.74 Å². The van der Waals surface area contributed by atoms with Gasteiger partial charge in [-0.05, 0) is 50.6 Å². The van der Waals surface area contributed by atoms with Crippen molar-refractivity contribution < 1.29 is 23.5 Å². The number of hydrogen-bond acceptors (Lipinski definition) is 4. The molecule has 2 heterocycles. The Morgan fingerprint density at radius 3 is 2.69 bits per heavy atom. The zero-order valence-corrected chi connectivity index (χ0v) is 18.6. The number of aromatic nitrogens is 1. The van der Waals surface area contributed by atoms with Gasteiger partial charge in [-0.2, -0.15) is 0 Å². The summed E-state index contributed by atoms with van der Waals surface area (Å²) in [4.78, 5) is 40.6. The van der Waals surface area contributed by atoms with Gasteiger partial charge in [0.15, 0.2) is 0 Å². The molecule has 1 aromatic carbocycles. The molecule has 1 N–H and O–H groups in total. The van der Waals surface area contributed by atoms with Gasteiger partial charge in [0.1, 0.15) is 18.9 Å². The van der Waals surface area contributed by atoms with Crippen LogP contribution in [0.2, 0.25) is 0 Å². The molecule has 0 radical (unpaired) electrons. The summed E-state index contributed by atoms with van der Waals surface area (Å²) in [6.07, 6.45) is 1.94. The first kappa shape index (κ1) is 23.3. The van der Waals surface area contributed by atoms with Crippen molar-refractivity contribution in [1.29, 1.82) is 0 Å². The number of nitrogens with one attached hydrogen (secondary N) is 1. The highest BCUT2D eigenvalue weighted by atomic mass is 19.1. The molecule has 0 fully saturated rings. The fraction of sp³-hybridized carbons (Fsp3) is 0.435. The maximum Gasteiger partial charge on any atom is 0.325 e. The Hall–Kier alpha value is -3.36. The standard InChI is InChI=1S/C23H29FN4O4/c1-4-32-21(30)14-25-23(31)28(16(2)3)15-20(29)27-12-11-26-10-6-9-19(26)22(27)17-7-5-8-18(24)13-17/h5-10,13,16,22H,4,11-12,14-15H2,1-3H3,(H,25,31). The number of carbonyl (C=O) groups excluding carboxylic acids is 3. The molecule has 3 rings (SSSR count). The van der Waals surface area contributed by atoms with Crippen molar-refractivity contribution in [3.05, 3.63) is 59.7 Å². The van der Waals surface area contributed by atoms with Gasteiger partial charge in [0.25, 0.3) is 0 Å². The van der Waals surface area contributed by atoms with Gasteiger partial charge in [0.05, 0.1) is 12.6 Å². The molecule has 172 valence electrons. The molecule has 32 heavy (non-hydrogen) atoms. The second kappa shape index (κ2) is 10.3. The third-order valence-electron chi connectivity index (χ3n) is 5.40. The summed E-state index contributed by atoms with van der Waals surface area (Å²) in [5.41, 5.74) is 1.55. The number of hydrogen-bond donors (Lipinski definition) is 1. The molecule has 0 saturated carbocycles. The number of fused-ring (bicyclic) bond motifs is 1. The number of rotatable bonds is 7. The van der Waals surface area contributed by atoms with Gasteiger partial charge >= 0.3 is 12.0 Å². The largest absolute Gasteiger partial charge is 0.465 e. The molecule has 8 nitrogen and oxygen atoms in total. The van der Waals surface area contributed by atoms with Gasteiger partial charge in [-0.25, -0.2) is 9.18 Å². The van der Waals surface area contributed by atoms with E-state index in [1.54, 1.807) is 37.8 Å². The summed E-state index contributed by atoms with van der Waals surface area (Å²) in [5, 5.41) is 2.51. The van der Waals surface area contributed by atoms with Crippen LogP contribution in [0.15, 0.2) is 42.6 Å². The minimum absolute atomic E-state index is 0.168. The predicted octanol–water partition coefficient (Wildman–Crippen LogP) is 2.54. The zero-order valence-electron chi connectivity index (χ0n) is 18.6. The highest BCUT2D eigenvalue weighted by Crippen LogP contribution is 2.32. The Morgan fingerprint density at radius 1 is 1.22 bits per heavy atom. The van der Waals surface area contributed by atoms with Gasteiger partial charge in [0.2, 0.25) is 5.91 Å². The van der Waals surface area contributed by atoms with Crippen LogP contribution in [0.4, 0.5) is 9.18 Å². The van der Waals surface area contributed by atoms with E-state index in [0.29, 0.717) is 18.7 Å². The molecule has 1 aromatic heterocycles. The lowest BCUT2D eigenvalue weighted by molar-refractivity contribution is -0.141. The van der Waals surface area contributed by atoms with E-state index in [2.05, 4.69) is 5.32 Å². The molecule has 3 amide bonds. The lowest BCUT2D eigenvalue weighted by Crippen LogP contribution is -2.52. The Labute approximate surface area is 186 Å². The van der Waals surface area contributed by atoms with Gasteiger partial charge in [-0.15, -0.1) is 0 Å². The van der Waals surface area contributed by atoms with Crippen molar-refractivity contribution in [3.63, 3.8) is 0 Å². The van der Waals surface area contributed by atoms with Gasteiger partial charge in [-0.3, -0.25) is 9.59 Å². The molecule has 0 spiro atoms. The number of benzene rings is 1. The molecule has 1 aliphatic heterocycles. The summed E-state index contributed by atoms with van der Waals surface area (Å²) >= 11 is 0. The van der Waals surface area contributed by atoms with Crippen LogP contribution in [0.25, 0.3) is 0 Å². The maximum absolute atomic E-state index is 14.0. The van der Waals surface area contributed by atoms with E-state index in [-0.39, 0.29) is 37.5 Å². The van der Waals surface area contributed by atoms with Crippen LogP contribution in [-0.2, 0) is 20.9 Å². The van der Waals surface area contributed by atoms with Crippen LogP contribution in [0.1, 0.15) is 38.1 Å². The third-order valence-corrected chi connectivity index (χ3v) is 5.40. The number of carbonyl (C=O) groups is 3. The van der Waals surface area contributed by atoms with Crippen molar-refractivity contribution in [2.45, 2.75) is 39.4 Å². The van der Waals surface area contributed by atoms with Gasteiger partial charge < -0.3 is 24.4 Å². The molecule has 0 saturated heterocycles. The highest BCUT2D eigenvalue weighted by Gasteiger charge is 2.34. The van der Waals surface area contributed by atoms with Crippen LogP contribution in [-0.4, -0.2) is 64.6 Å². The summed E-state index contributed by atoms with van der Waals surface area (Å²) in [7, 11) is 0. The first-order chi connectivity index (χ1) is 15.3. The average molecular weight is 445 g/mol. The van der Waals surface area contributed by atoms with E-state index in [0.717, 1.165) is 5.69 Å². The topological polar surface area (TPSA) is 83.9 Å². The van der Waals surface area contributed by atoms with E-state index < -0.39 is 18.0 Å². The van der Waals surface area contributed by atoms with Crippen molar-refractivity contribution >= 4 is 17.9 Å².